The van der Waals surface area contributed by atoms with Crippen molar-refractivity contribution in [2.24, 2.45) is 0 Å². The van der Waals surface area contributed by atoms with Crippen LogP contribution in [0, 0.1) is 0 Å². The van der Waals surface area contributed by atoms with Crippen molar-refractivity contribution < 1.29 is 8.78 Å². The Hall–Kier alpha value is -1.22. The summed E-state index contributed by atoms with van der Waals surface area (Å²) in [6, 6.07) is 6.33. The summed E-state index contributed by atoms with van der Waals surface area (Å²) < 4.78 is 24.4. The average Bonchev–Trinajstić information content (AvgIpc) is 2.25. The SMILES string of the molecule is CNCCC=Cc1ccc(C(F)F)cc1. The fourth-order valence-corrected chi connectivity index (χ4v) is 1.20. The molecule has 1 rings (SSSR count). The van der Waals surface area contributed by atoms with Crippen LogP contribution in [-0.4, -0.2) is 13.6 Å². The predicted molar refractivity (Wildman–Crippen MR) is 59.0 cm³/mol. The second-order valence-corrected chi connectivity index (χ2v) is 3.26. The van der Waals surface area contributed by atoms with Gasteiger partial charge in [-0.25, -0.2) is 8.78 Å². The molecule has 82 valence electrons. The molecule has 0 aliphatic rings. The van der Waals surface area contributed by atoms with Gasteiger partial charge in [0.15, 0.2) is 0 Å². The maximum atomic E-state index is 12.2. The van der Waals surface area contributed by atoms with Crippen LogP contribution >= 0.6 is 0 Å². The van der Waals surface area contributed by atoms with Crippen molar-refractivity contribution in [1.82, 2.24) is 5.32 Å². The molecule has 0 unspecified atom stereocenters. The van der Waals surface area contributed by atoms with E-state index in [9.17, 15) is 8.78 Å². The van der Waals surface area contributed by atoms with Gasteiger partial charge >= 0.3 is 0 Å². The van der Waals surface area contributed by atoms with Crippen molar-refractivity contribution in [3.05, 3.63) is 41.5 Å². The smallest absolute Gasteiger partial charge is 0.263 e. The second kappa shape index (κ2) is 6.30. The molecular weight excluding hydrogens is 196 g/mol. The third-order valence-electron chi connectivity index (χ3n) is 2.06. The number of rotatable bonds is 5. The van der Waals surface area contributed by atoms with Gasteiger partial charge in [-0.1, -0.05) is 36.4 Å². The molecule has 0 aliphatic heterocycles. The molecule has 1 nitrogen and oxygen atoms in total. The maximum Gasteiger partial charge on any atom is 0.263 e. The molecule has 1 aromatic carbocycles. The van der Waals surface area contributed by atoms with Crippen molar-refractivity contribution in [3.8, 4) is 0 Å². The van der Waals surface area contributed by atoms with Gasteiger partial charge in [0.2, 0.25) is 0 Å². The molecule has 1 N–H and O–H groups in total. The number of alkyl halides is 2. The van der Waals surface area contributed by atoms with Crippen molar-refractivity contribution in [2.75, 3.05) is 13.6 Å². The summed E-state index contributed by atoms with van der Waals surface area (Å²) in [7, 11) is 1.89. The van der Waals surface area contributed by atoms with Crippen LogP contribution in [0.4, 0.5) is 8.78 Å². The molecule has 0 spiro atoms. The molecule has 15 heavy (non-hydrogen) atoms. The van der Waals surface area contributed by atoms with Gasteiger partial charge in [0, 0.05) is 5.56 Å². The molecule has 3 heteroatoms. The highest BCUT2D eigenvalue weighted by Gasteiger charge is 2.04. The van der Waals surface area contributed by atoms with Gasteiger partial charge in [-0.3, -0.25) is 0 Å². The standard InChI is InChI=1S/C12H15F2N/c1-15-9-3-2-4-10-5-7-11(8-6-10)12(13)14/h2,4-8,12,15H,3,9H2,1H3. The van der Waals surface area contributed by atoms with Crippen LogP contribution in [0.15, 0.2) is 30.3 Å². The average molecular weight is 211 g/mol. The zero-order valence-corrected chi connectivity index (χ0v) is 8.71. The number of halogens is 2. The third kappa shape index (κ3) is 4.21. The first-order valence-electron chi connectivity index (χ1n) is 4.93. The molecule has 0 bridgehead atoms. The van der Waals surface area contributed by atoms with E-state index in [0.29, 0.717) is 0 Å². The molecule has 0 atom stereocenters. The van der Waals surface area contributed by atoms with E-state index in [1.807, 2.05) is 19.2 Å². The van der Waals surface area contributed by atoms with E-state index in [0.717, 1.165) is 18.5 Å². The van der Waals surface area contributed by atoms with Crippen LogP contribution in [0.5, 0.6) is 0 Å². The second-order valence-electron chi connectivity index (χ2n) is 3.26. The molecule has 0 heterocycles. The quantitative estimate of drug-likeness (QED) is 0.737. The van der Waals surface area contributed by atoms with Crippen molar-refractivity contribution in [3.63, 3.8) is 0 Å². The summed E-state index contributed by atoms with van der Waals surface area (Å²) in [6.07, 6.45) is 2.51. The Morgan fingerprint density at radius 3 is 2.47 bits per heavy atom. The van der Waals surface area contributed by atoms with Gasteiger partial charge in [0.05, 0.1) is 0 Å². The van der Waals surface area contributed by atoms with E-state index >= 15 is 0 Å². The first-order chi connectivity index (χ1) is 7.24. The Labute approximate surface area is 88.8 Å². The first kappa shape index (κ1) is 11.9. The Balaban J connectivity index is 2.53. The van der Waals surface area contributed by atoms with Gasteiger partial charge in [-0.05, 0) is 25.6 Å². The number of hydrogen-bond acceptors (Lipinski definition) is 1. The topological polar surface area (TPSA) is 12.0 Å². The summed E-state index contributed by atoms with van der Waals surface area (Å²) in [5, 5.41) is 3.03. The number of hydrogen-bond donors (Lipinski definition) is 1. The van der Waals surface area contributed by atoms with Crippen molar-refractivity contribution in [2.45, 2.75) is 12.8 Å². The van der Waals surface area contributed by atoms with Crippen LogP contribution in [-0.2, 0) is 0 Å². The molecule has 0 aliphatic carbocycles. The van der Waals surface area contributed by atoms with E-state index in [2.05, 4.69) is 5.32 Å². The molecule has 0 aromatic heterocycles. The molecule has 0 amide bonds. The minimum absolute atomic E-state index is 0.0716. The fourth-order valence-electron chi connectivity index (χ4n) is 1.20. The van der Waals surface area contributed by atoms with Gasteiger partial charge in [-0.2, -0.15) is 0 Å². The monoisotopic (exact) mass is 211 g/mol. The largest absolute Gasteiger partial charge is 0.319 e. The van der Waals surface area contributed by atoms with Crippen LogP contribution in [0.2, 0.25) is 0 Å². The predicted octanol–water partition coefficient (Wildman–Crippen LogP) is 3.25. The van der Waals surface area contributed by atoms with Gasteiger partial charge in [0.25, 0.3) is 6.43 Å². The van der Waals surface area contributed by atoms with Gasteiger partial charge in [0.1, 0.15) is 0 Å². The van der Waals surface area contributed by atoms with E-state index in [1.165, 1.54) is 12.1 Å². The van der Waals surface area contributed by atoms with Crippen LogP contribution in [0.25, 0.3) is 6.08 Å². The Bertz CT molecular complexity index is 304. The maximum absolute atomic E-state index is 12.2. The Morgan fingerprint density at radius 1 is 1.27 bits per heavy atom. The highest BCUT2D eigenvalue weighted by atomic mass is 19.3. The van der Waals surface area contributed by atoms with Crippen LogP contribution in [0.1, 0.15) is 24.0 Å². The summed E-state index contributed by atoms with van der Waals surface area (Å²) in [4.78, 5) is 0. The Morgan fingerprint density at radius 2 is 1.93 bits per heavy atom. The fraction of sp³-hybridized carbons (Fsp3) is 0.333. The summed E-state index contributed by atoms with van der Waals surface area (Å²) in [5.41, 5.74) is 1.03. The molecular formula is C12H15F2N. The highest BCUT2D eigenvalue weighted by Crippen LogP contribution is 2.18. The van der Waals surface area contributed by atoms with Crippen molar-refractivity contribution in [1.29, 1.82) is 0 Å². The van der Waals surface area contributed by atoms with E-state index in [-0.39, 0.29) is 5.56 Å². The van der Waals surface area contributed by atoms with E-state index in [1.54, 1.807) is 12.1 Å². The summed E-state index contributed by atoms with van der Waals surface area (Å²) >= 11 is 0. The summed E-state index contributed by atoms with van der Waals surface area (Å²) in [6.45, 7) is 0.922. The van der Waals surface area contributed by atoms with Gasteiger partial charge in [-0.15, -0.1) is 0 Å². The number of benzene rings is 1. The molecule has 1 aromatic rings. The molecule has 0 saturated heterocycles. The number of nitrogens with one attached hydrogen (secondary N) is 1. The highest BCUT2D eigenvalue weighted by molar-refractivity contribution is 5.49. The molecule has 0 fully saturated rings. The minimum atomic E-state index is -2.38. The van der Waals surface area contributed by atoms with Gasteiger partial charge < -0.3 is 5.32 Å². The molecule has 0 radical (unpaired) electrons. The van der Waals surface area contributed by atoms with E-state index in [4.69, 9.17) is 0 Å². The first-order valence-corrected chi connectivity index (χ1v) is 4.93. The lowest BCUT2D eigenvalue weighted by Gasteiger charge is -1.99. The lowest BCUT2D eigenvalue weighted by molar-refractivity contribution is 0.151. The molecule has 0 saturated carbocycles. The van der Waals surface area contributed by atoms with Crippen molar-refractivity contribution >= 4 is 6.08 Å². The lowest BCUT2D eigenvalue weighted by Crippen LogP contribution is -2.05. The van der Waals surface area contributed by atoms with E-state index < -0.39 is 6.43 Å². The lowest BCUT2D eigenvalue weighted by atomic mass is 10.1. The third-order valence-corrected chi connectivity index (χ3v) is 2.06. The zero-order valence-electron chi connectivity index (χ0n) is 8.71. The van der Waals surface area contributed by atoms with Crippen LogP contribution in [0.3, 0.4) is 0 Å². The minimum Gasteiger partial charge on any atom is -0.319 e. The normalized spacial score (nSPS) is 11.5. The Kier molecular flexibility index (Phi) is 4.98. The summed E-state index contributed by atoms with van der Waals surface area (Å²) in [5.74, 6) is 0. The zero-order chi connectivity index (χ0) is 11.1. The van der Waals surface area contributed by atoms with Crippen LogP contribution < -0.4 is 5.32 Å².